The van der Waals surface area contributed by atoms with E-state index in [1.54, 1.807) is 7.11 Å². The molecule has 2 fully saturated rings. The normalized spacial score (nSPS) is 28.3. The van der Waals surface area contributed by atoms with Gasteiger partial charge >= 0.3 is 0 Å². The molecule has 3 rings (SSSR count). The molecule has 96 valence electrons. The van der Waals surface area contributed by atoms with Gasteiger partial charge in [0.1, 0.15) is 5.75 Å². The highest BCUT2D eigenvalue weighted by Gasteiger charge is 2.57. The molecule has 0 bridgehead atoms. The Morgan fingerprint density at radius 3 is 2.71 bits per heavy atom. The molecule has 17 heavy (non-hydrogen) atoms. The number of aliphatic hydroxyl groups excluding tert-OH is 1. The van der Waals surface area contributed by atoms with Gasteiger partial charge in [0.25, 0.3) is 0 Å². The highest BCUT2D eigenvalue weighted by atomic mass is 16.5. The second kappa shape index (κ2) is 5.49. The van der Waals surface area contributed by atoms with Gasteiger partial charge in [-0.3, -0.25) is 0 Å². The maximum atomic E-state index is 7.00. The SMILES string of the molecule is CO.COc1cccc([C@]23CNCC2C3)c1.O. The van der Waals surface area contributed by atoms with Crippen molar-refractivity contribution in [2.45, 2.75) is 11.8 Å². The van der Waals surface area contributed by atoms with Gasteiger partial charge < -0.3 is 20.6 Å². The van der Waals surface area contributed by atoms with Crippen LogP contribution in [0.5, 0.6) is 5.75 Å². The van der Waals surface area contributed by atoms with Crippen molar-refractivity contribution in [1.29, 1.82) is 0 Å². The molecule has 4 nitrogen and oxygen atoms in total. The lowest BCUT2D eigenvalue weighted by Crippen LogP contribution is -2.19. The third-order valence-corrected chi connectivity index (χ3v) is 3.71. The van der Waals surface area contributed by atoms with E-state index in [1.807, 2.05) is 6.07 Å². The maximum absolute atomic E-state index is 7.00. The number of fused-ring (bicyclic) bond motifs is 1. The zero-order chi connectivity index (χ0) is 11.6. The van der Waals surface area contributed by atoms with E-state index in [2.05, 4.69) is 23.5 Å². The highest BCUT2D eigenvalue weighted by molar-refractivity contribution is 5.41. The summed E-state index contributed by atoms with van der Waals surface area (Å²) < 4.78 is 5.26. The molecular weight excluding hydrogens is 218 g/mol. The van der Waals surface area contributed by atoms with Gasteiger partial charge in [-0.2, -0.15) is 0 Å². The van der Waals surface area contributed by atoms with Crippen LogP contribution >= 0.6 is 0 Å². The van der Waals surface area contributed by atoms with E-state index in [4.69, 9.17) is 9.84 Å². The Bertz CT molecular complexity index is 369. The molecule has 1 aromatic rings. The van der Waals surface area contributed by atoms with Crippen LogP contribution in [-0.2, 0) is 5.41 Å². The largest absolute Gasteiger partial charge is 0.497 e. The third kappa shape index (κ3) is 2.29. The second-order valence-electron chi connectivity index (χ2n) is 4.42. The molecule has 4 N–H and O–H groups in total. The Morgan fingerprint density at radius 2 is 2.18 bits per heavy atom. The van der Waals surface area contributed by atoms with Crippen molar-refractivity contribution in [3.8, 4) is 5.75 Å². The van der Waals surface area contributed by atoms with E-state index in [9.17, 15) is 0 Å². The summed E-state index contributed by atoms with van der Waals surface area (Å²) in [7, 11) is 2.73. The number of methoxy groups -OCH3 is 1. The van der Waals surface area contributed by atoms with Gasteiger partial charge in [-0.25, -0.2) is 0 Å². The van der Waals surface area contributed by atoms with E-state index >= 15 is 0 Å². The van der Waals surface area contributed by atoms with Crippen LogP contribution in [0.1, 0.15) is 12.0 Å². The summed E-state index contributed by atoms with van der Waals surface area (Å²) in [6.45, 7) is 2.34. The summed E-state index contributed by atoms with van der Waals surface area (Å²) in [6.07, 6.45) is 1.35. The number of nitrogens with one attached hydrogen (secondary N) is 1. The predicted molar refractivity (Wildman–Crippen MR) is 67.4 cm³/mol. The highest BCUT2D eigenvalue weighted by Crippen LogP contribution is 2.56. The van der Waals surface area contributed by atoms with Crippen molar-refractivity contribution in [3.05, 3.63) is 29.8 Å². The number of hydrogen-bond donors (Lipinski definition) is 2. The monoisotopic (exact) mass is 239 g/mol. The molecule has 0 spiro atoms. The summed E-state index contributed by atoms with van der Waals surface area (Å²) in [6, 6.07) is 8.53. The molecule has 0 aromatic heterocycles. The Hall–Kier alpha value is -1.10. The van der Waals surface area contributed by atoms with E-state index in [0.717, 1.165) is 25.3 Å². The van der Waals surface area contributed by atoms with Crippen LogP contribution in [0.2, 0.25) is 0 Å². The van der Waals surface area contributed by atoms with E-state index in [-0.39, 0.29) is 5.48 Å². The molecule has 1 saturated heterocycles. The van der Waals surface area contributed by atoms with Gasteiger partial charge in [-0.05, 0) is 36.6 Å². The third-order valence-electron chi connectivity index (χ3n) is 3.71. The smallest absolute Gasteiger partial charge is 0.119 e. The van der Waals surface area contributed by atoms with Crippen molar-refractivity contribution >= 4 is 0 Å². The lowest BCUT2D eigenvalue weighted by atomic mass is 9.95. The molecule has 0 radical (unpaired) electrons. The molecule has 4 heteroatoms. The molecule has 1 aromatic carbocycles. The van der Waals surface area contributed by atoms with Gasteiger partial charge in [0.05, 0.1) is 7.11 Å². The first-order valence-electron chi connectivity index (χ1n) is 5.65. The maximum Gasteiger partial charge on any atom is 0.119 e. The van der Waals surface area contributed by atoms with Crippen LogP contribution in [0, 0.1) is 5.92 Å². The molecule has 1 unspecified atom stereocenters. The van der Waals surface area contributed by atoms with E-state index < -0.39 is 0 Å². The molecule has 2 atom stereocenters. The number of hydrogen-bond acceptors (Lipinski definition) is 3. The molecule has 1 heterocycles. The lowest BCUT2D eigenvalue weighted by Gasteiger charge is -2.13. The minimum atomic E-state index is 0. The van der Waals surface area contributed by atoms with Crippen LogP contribution in [0.15, 0.2) is 24.3 Å². The first-order chi connectivity index (χ1) is 7.85. The fraction of sp³-hybridized carbons (Fsp3) is 0.538. The van der Waals surface area contributed by atoms with Crippen molar-refractivity contribution in [2.75, 3.05) is 27.3 Å². The van der Waals surface area contributed by atoms with Crippen LogP contribution in [0.3, 0.4) is 0 Å². The molecule has 1 saturated carbocycles. The zero-order valence-electron chi connectivity index (χ0n) is 10.4. The summed E-state index contributed by atoms with van der Waals surface area (Å²) in [5.74, 6) is 1.85. The van der Waals surface area contributed by atoms with E-state index in [1.165, 1.54) is 18.5 Å². The number of piperidine rings is 1. The van der Waals surface area contributed by atoms with Gasteiger partial charge in [-0.1, -0.05) is 12.1 Å². The quantitative estimate of drug-likeness (QED) is 0.781. The van der Waals surface area contributed by atoms with Crippen LogP contribution in [-0.4, -0.2) is 37.9 Å². The zero-order valence-corrected chi connectivity index (χ0v) is 10.4. The molecule has 1 aliphatic carbocycles. The molecular formula is C13H21NO3. The number of aliphatic hydroxyl groups is 1. The van der Waals surface area contributed by atoms with Crippen LogP contribution < -0.4 is 10.1 Å². The predicted octanol–water partition coefficient (Wildman–Crippen LogP) is 0.340. The summed E-state index contributed by atoms with van der Waals surface area (Å²) >= 11 is 0. The van der Waals surface area contributed by atoms with Gasteiger partial charge in [0.2, 0.25) is 0 Å². The Balaban J connectivity index is 0.000000459. The fourth-order valence-electron chi connectivity index (χ4n) is 2.72. The number of ether oxygens (including phenoxy) is 1. The van der Waals surface area contributed by atoms with Crippen molar-refractivity contribution < 1.29 is 15.3 Å². The Morgan fingerprint density at radius 1 is 1.41 bits per heavy atom. The average molecular weight is 239 g/mol. The van der Waals surface area contributed by atoms with Gasteiger partial charge in [0, 0.05) is 19.1 Å². The minimum absolute atomic E-state index is 0. The number of benzene rings is 1. The first-order valence-corrected chi connectivity index (χ1v) is 5.65. The summed E-state index contributed by atoms with van der Waals surface area (Å²) in [5, 5.41) is 10.5. The average Bonchev–Trinajstić information content (AvgIpc) is 2.95. The lowest BCUT2D eigenvalue weighted by molar-refractivity contribution is 0.399. The molecule has 0 amide bonds. The second-order valence-corrected chi connectivity index (χ2v) is 4.42. The molecule has 2 aliphatic rings. The van der Waals surface area contributed by atoms with Crippen LogP contribution in [0.25, 0.3) is 0 Å². The van der Waals surface area contributed by atoms with E-state index in [0.29, 0.717) is 5.41 Å². The van der Waals surface area contributed by atoms with Gasteiger partial charge in [0.15, 0.2) is 0 Å². The van der Waals surface area contributed by atoms with Crippen molar-refractivity contribution in [3.63, 3.8) is 0 Å². The Kier molecular flexibility index (Phi) is 4.51. The fourth-order valence-corrected chi connectivity index (χ4v) is 2.72. The standard InChI is InChI=1S/C12H15NO.CH4O.H2O/c1-14-11-4-2-3-9(5-11)12-6-10(12)7-13-8-12;1-2;/h2-5,10,13H,6-8H2,1H3;2H,1H3;1H2/t10?,12-;;/m0../s1. The summed E-state index contributed by atoms with van der Waals surface area (Å²) in [5.41, 5.74) is 1.90. The van der Waals surface area contributed by atoms with Crippen molar-refractivity contribution in [1.82, 2.24) is 5.32 Å². The number of rotatable bonds is 2. The van der Waals surface area contributed by atoms with Crippen molar-refractivity contribution in [2.24, 2.45) is 5.92 Å². The minimum Gasteiger partial charge on any atom is -0.497 e. The van der Waals surface area contributed by atoms with Gasteiger partial charge in [-0.15, -0.1) is 0 Å². The summed E-state index contributed by atoms with van der Waals surface area (Å²) in [4.78, 5) is 0. The first kappa shape index (κ1) is 14.0. The molecule has 1 aliphatic heterocycles. The van der Waals surface area contributed by atoms with Crippen LogP contribution in [0.4, 0.5) is 0 Å². The Labute approximate surface area is 102 Å². The topological polar surface area (TPSA) is 73.0 Å².